The van der Waals surface area contributed by atoms with E-state index in [9.17, 15) is 22.8 Å². The summed E-state index contributed by atoms with van der Waals surface area (Å²) < 4.78 is 45.7. The summed E-state index contributed by atoms with van der Waals surface area (Å²) in [5.74, 6) is -0.232. The molecule has 35 heavy (non-hydrogen) atoms. The third-order valence-corrected chi connectivity index (χ3v) is 6.91. The summed E-state index contributed by atoms with van der Waals surface area (Å²) in [5.41, 5.74) is 1.92. The number of halogens is 3. The molecule has 1 saturated carbocycles. The van der Waals surface area contributed by atoms with E-state index in [-0.39, 0.29) is 17.8 Å². The molecule has 0 bridgehead atoms. The summed E-state index contributed by atoms with van der Waals surface area (Å²) in [6.07, 6.45) is -0.169. The number of hydrogen-bond donors (Lipinski definition) is 2. The number of hydrogen-bond acceptors (Lipinski definition) is 3. The van der Waals surface area contributed by atoms with Crippen molar-refractivity contribution in [2.75, 3.05) is 10.6 Å². The van der Waals surface area contributed by atoms with Crippen molar-refractivity contribution in [3.05, 3.63) is 59.2 Å². The van der Waals surface area contributed by atoms with E-state index in [4.69, 9.17) is 4.74 Å². The molecule has 0 aromatic heterocycles. The van der Waals surface area contributed by atoms with E-state index in [1.165, 1.54) is 12.1 Å². The van der Waals surface area contributed by atoms with Crippen LogP contribution >= 0.6 is 0 Å². The summed E-state index contributed by atoms with van der Waals surface area (Å²) in [5, 5.41) is 5.67. The van der Waals surface area contributed by atoms with Crippen LogP contribution in [-0.4, -0.2) is 28.5 Å². The van der Waals surface area contributed by atoms with Crippen molar-refractivity contribution >= 4 is 28.9 Å². The van der Waals surface area contributed by atoms with Crippen LogP contribution in [0.2, 0.25) is 0 Å². The Morgan fingerprint density at radius 3 is 2.63 bits per heavy atom. The number of nitrogens with one attached hydrogen (secondary N) is 2. The fourth-order valence-electron chi connectivity index (χ4n) is 4.84. The van der Waals surface area contributed by atoms with Gasteiger partial charge >= 0.3 is 12.2 Å². The van der Waals surface area contributed by atoms with E-state index < -0.39 is 23.2 Å². The smallest absolute Gasteiger partial charge is 0.416 e. The molecule has 0 atom stereocenters. The third-order valence-electron chi connectivity index (χ3n) is 6.91. The number of urea groups is 1. The first-order valence-electron chi connectivity index (χ1n) is 11.7. The highest BCUT2D eigenvalue weighted by molar-refractivity contribution is 6.05. The zero-order valence-corrected chi connectivity index (χ0v) is 19.5. The predicted molar refractivity (Wildman–Crippen MR) is 126 cm³/mol. The highest BCUT2D eigenvalue weighted by atomic mass is 19.4. The van der Waals surface area contributed by atoms with Gasteiger partial charge < -0.3 is 20.3 Å². The molecule has 2 aliphatic heterocycles. The first-order chi connectivity index (χ1) is 16.5. The van der Waals surface area contributed by atoms with Crippen LogP contribution < -0.4 is 15.4 Å². The first-order valence-corrected chi connectivity index (χ1v) is 11.7. The molecule has 0 radical (unpaired) electrons. The van der Waals surface area contributed by atoms with Gasteiger partial charge in [-0.3, -0.25) is 4.79 Å². The lowest BCUT2D eigenvalue weighted by atomic mass is 9.72. The average Bonchev–Trinajstić information content (AvgIpc) is 2.76. The van der Waals surface area contributed by atoms with Gasteiger partial charge in [-0.2, -0.15) is 13.2 Å². The number of amides is 3. The minimum atomic E-state index is -4.47. The molecule has 2 N–H and O–H groups in total. The van der Waals surface area contributed by atoms with Crippen LogP contribution in [0, 0.1) is 0 Å². The fraction of sp³-hybridized carbons (Fsp3) is 0.385. The summed E-state index contributed by atoms with van der Waals surface area (Å²) >= 11 is 0. The number of ether oxygens (including phenoxy) is 1. The Balaban J connectivity index is 1.39. The monoisotopic (exact) mass is 485 g/mol. The zero-order chi connectivity index (χ0) is 25.0. The maximum absolute atomic E-state index is 13.2. The summed E-state index contributed by atoms with van der Waals surface area (Å²) in [4.78, 5) is 26.9. The second-order valence-corrected chi connectivity index (χ2v) is 9.71. The Hall–Kier alpha value is -3.49. The van der Waals surface area contributed by atoms with E-state index in [2.05, 4.69) is 10.6 Å². The van der Waals surface area contributed by atoms with E-state index in [0.717, 1.165) is 37.0 Å². The molecule has 2 aromatic rings. The minimum absolute atomic E-state index is 0.0580. The molecule has 3 aliphatic rings. The van der Waals surface area contributed by atoms with Crippen molar-refractivity contribution in [3.63, 3.8) is 0 Å². The van der Waals surface area contributed by atoms with Crippen molar-refractivity contribution in [3.8, 4) is 5.75 Å². The number of rotatable bonds is 3. The predicted octanol–water partition coefficient (Wildman–Crippen LogP) is 6.19. The van der Waals surface area contributed by atoms with Crippen molar-refractivity contribution in [2.45, 2.75) is 63.9 Å². The van der Waals surface area contributed by atoms with Gasteiger partial charge in [-0.15, -0.1) is 0 Å². The highest BCUT2D eigenvalue weighted by Gasteiger charge is 2.44. The SMILES string of the molecule is CC(C)N1Cc2ccc(NC(=O)/C=C3\CC4(CCC4)Oc4cc(C(F)(F)F)ccc43)cc2NC1=O. The zero-order valence-electron chi connectivity index (χ0n) is 19.5. The number of alkyl halides is 3. The lowest BCUT2D eigenvalue weighted by Crippen LogP contribution is -2.45. The van der Waals surface area contributed by atoms with Crippen molar-refractivity contribution in [1.29, 1.82) is 0 Å². The van der Waals surface area contributed by atoms with Crippen molar-refractivity contribution in [1.82, 2.24) is 4.90 Å². The molecule has 2 heterocycles. The normalized spacial score (nSPS) is 19.5. The number of fused-ring (bicyclic) bond motifs is 2. The molecular weight excluding hydrogens is 459 g/mol. The first kappa shape index (κ1) is 23.3. The van der Waals surface area contributed by atoms with Gasteiger partial charge in [0.15, 0.2) is 0 Å². The van der Waals surface area contributed by atoms with Gasteiger partial charge in [0.2, 0.25) is 5.91 Å². The van der Waals surface area contributed by atoms with E-state index in [0.29, 0.717) is 35.5 Å². The van der Waals surface area contributed by atoms with Gasteiger partial charge in [-0.1, -0.05) is 12.1 Å². The summed E-state index contributed by atoms with van der Waals surface area (Å²) in [6.45, 7) is 4.37. The molecule has 184 valence electrons. The van der Waals surface area contributed by atoms with E-state index in [1.54, 1.807) is 17.0 Å². The largest absolute Gasteiger partial charge is 0.486 e. The van der Waals surface area contributed by atoms with Crippen LogP contribution in [0.4, 0.5) is 29.3 Å². The van der Waals surface area contributed by atoms with Gasteiger partial charge in [0, 0.05) is 42.0 Å². The Kier molecular flexibility index (Phi) is 5.53. The third kappa shape index (κ3) is 4.47. The summed E-state index contributed by atoms with van der Waals surface area (Å²) in [6, 6.07) is 8.61. The van der Waals surface area contributed by atoms with Gasteiger partial charge in [-0.25, -0.2) is 4.79 Å². The van der Waals surface area contributed by atoms with Gasteiger partial charge in [0.1, 0.15) is 11.4 Å². The van der Waals surface area contributed by atoms with E-state index in [1.807, 2.05) is 19.9 Å². The molecule has 9 heteroatoms. The number of anilines is 2. The second-order valence-electron chi connectivity index (χ2n) is 9.71. The molecule has 1 spiro atoms. The van der Waals surface area contributed by atoms with Crippen LogP contribution in [0.25, 0.3) is 5.57 Å². The topological polar surface area (TPSA) is 70.7 Å². The average molecular weight is 486 g/mol. The molecule has 0 saturated heterocycles. The Morgan fingerprint density at radius 2 is 1.97 bits per heavy atom. The van der Waals surface area contributed by atoms with Crippen LogP contribution in [0.3, 0.4) is 0 Å². The highest BCUT2D eigenvalue weighted by Crippen LogP contribution is 2.50. The standard InChI is InChI=1S/C26H26F3N3O3/c1-15(2)32-14-16-4-6-19(12-21(16)31-24(32)34)30-23(33)10-17-13-25(8-3-9-25)35-22-11-18(26(27,28)29)5-7-20(17)22/h4-7,10-12,15H,3,8-9,13-14H2,1-2H3,(H,30,33)(H,31,34)/b17-10+. The number of nitrogens with zero attached hydrogens (tertiary/aromatic N) is 1. The molecule has 0 unspecified atom stereocenters. The maximum atomic E-state index is 13.2. The number of carbonyl (C=O) groups excluding carboxylic acids is 2. The summed E-state index contributed by atoms with van der Waals surface area (Å²) in [7, 11) is 0. The van der Waals surface area contributed by atoms with Crippen LogP contribution in [0.1, 0.15) is 56.2 Å². The Morgan fingerprint density at radius 1 is 1.20 bits per heavy atom. The van der Waals surface area contributed by atoms with Gasteiger partial charge in [0.25, 0.3) is 0 Å². The quantitative estimate of drug-likeness (QED) is 0.510. The van der Waals surface area contributed by atoms with Gasteiger partial charge in [0.05, 0.1) is 5.56 Å². The molecule has 1 aliphatic carbocycles. The molecule has 5 rings (SSSR count). The Labute approximate surface area is 201 Å². The fourth-order valence-corrected chi connectivity index (χ4v) is 4.84. The number of benzene rings is 2. The maximum Gasteiger partial charge on any atom is 0.416 e. The molecule has 1 fully saturated rings. The van der Waals surface area contributed by atoms with Crippen LogP contribution in [0.5, 0.6) is 5.75 Å². The molecule has 2 aromatic carbocycles. The van der Waals surface area contributed by atoms with E-state index >= 15 is 0 Å². The molecule has 6 nitrogen and oxygen atoms in total. The Bertz CT molecular complexity index is 1230. The number of carbonyl (C=O) groups is 2. The lowest BCUT2D eigenvalue weighted by Gasteiger charge is -2.46. The molecule has 3 amide bonds. The van der Waals surface area contributed by atoms with Gasteiger partial charge in [-0.05, 0) is 68.5 Å². The van der Waals surface area contributed by atoms with Crippen molar-refractivity contribution < 1.29 is 27.5 Å². The minimum Gasteiger partial charge on any atom is -0.486 e. The van der Waals surface area contributed by atoms with Crippen LogP contribution in [-0.2, 0) is 17.5 Å². The second kappa shape index (κ2) is 8.32. The lowest BCUT2D eigenvalue weighted by molar-refractivity contribution is -0.138. The van der Waals surface area contributed by atoms with Crippen LogP contribution in [0.15, 0.2) is 42.5 Å². The van der Waals surface area contributed by atoms with Crippen molar-refractivity contribution in [2.24, 2.45) is 0 Å². The molecular formula is C26H26F3N3O3.